The number of rotatable bonds is 7. The molecule has 0 saturated carbocycles. The molecule has 3 aromatic rings. The Bertz CT molecular complexity index is 970. The summed E-state index contributed by atoms with van der Waals surface area (Å²) in [5, 5.41) is 12.9. The van der Waals surface area contributed by atoms with Crippen LogP contribution in [0.25, 0.3) is 22.9 Å². The minimum Gasteiger partial charge on any atom is -0.494 e. The molecule has 1 aromatic heterocycles. The molecule has 5 heteroatoms. The summed E-state index contributed by atoms with van der Waals surface area (Å²) in [6.07, 6.45) is 3.96. The summed E-state index contributed by atoms with van der Waals surface area (Å²) in [5.74, 6) is 0.815. The van der Waals surface area contributed by atoms with Gasteiger partial charge in [0.1, 0.15) is 16.8 Å². The average Bonchev–Trinajstić information content (AvgIpc) is 3.17. The van der Waals surface area contributed by atoms with Gasteiger partial charge in [-0.2, -0.15) is 5.26 Å². The van der Waals surface area contributed by atoms with Gasteiger partial charge in [-0.1, -0.05) is 49.2 Å². The summed E-state index contributed by atoms with van der Waals surface area (Å²) in [6.45, 7) is 2.83. The van der Waals surface area contributed by atoms with Gasteiger partial charge in [-0.15, -0.1) is 11.3 Å². The van der Waals surface area contributed by atoms with Gasteiger partial charge in [0, 0.05) is 16.0 Å². The van der Waals surface area contributed by atoms with Crippen LogP contribution in [-0.2, 0) is 0 Å². The third-order valence-corrected chi connectivity index (χ3v) is 5.06. The van der Waals surface area contributed by atoms with Crippen molar-refractivity contribution in [2.24, 2.45) is 0 Å². The van der Waals surface area contributed by atoms with Crippen molar-refractivity contribution in [2.75, 3.05) is 6.61 Å². The predicted molar refractivity (Wildman–Crippen MR) is 113 cm³/mol. The molecule has 0 aliphatic carbocycles. The van der Waals surface area contributed by atoms with Gasteiger partial charge in [-0.3, -0.25) is 0 Å². The smallest absolute Gasteiger partial charge is 0.134 e. The van der Waals surface area contributed by atoms with Crippen molar-refractivity contribution >= 4 is 34.6 Å². The van der Waals surface area contributed by atoms with E-state index in [0.29, 0.717) is 22.2 Å². The highest BCUT2D eigenvalue weighted by Crippen LogP contribution is 2.28. The summed E-state index contributed by atoms with van der Waals surface area (Å²) < 4.78 is 5.74. The fourth-order valence-corrected chi connectivity index (χ4v) is 3.41. The first-order chi connectivity index (χ1) is 13.2. The Kier molecular flexibility index (Phi) is 6.64. The fraction of sp³-hybridized carbons (Fsp3) is 0.182. The average molecular weight is 395 g/mol. The number of nitriles is 1. The number of unbranched alkanes of at least 4 members (excludes halogenated alkanes) is 1. The number of allylic oxidation sites excluding steroid dienone is 1. The lowest BCUT2D eigenvalue weighted by atomic mass is 10.1. The van der Waals surface area contributed by atoms with E-state index in [9.17, 15) is 5.26 Å². The van der Waals surface area contributed by atoms with E-state index in [4.69, 9.17) is 16.3 Å². The molecule has 0 fully saturated rings. The summed E-state index contributed by atoms with van der Waals surface area (Å²) in [5.41, 5.74) is 3.27. The van der Waals surface area contributed by atoms with Gasteiger partial charge >= 0.3 is 0 Å². The largest absolute Gasteiger partial charge is 0.494 e. The van der Waals surface area contributed by atoms with Crippen molar-refractivity contribution in [3.05, 3.63) is 69.5 Å². The third kappa shape index (κ3) is 5.19. The van der Waals surface area contributed by atoms with E-state index in [-0.39, 0.29) is 0 Å². The van der Waals surface area contributed by atoms with Gasteiger partial charge in [-0.25, -0.2) is 4.98 Å². The van der Waals surface area contributed by atoms with Gasteiger partial charge in [0.25, 0.3) is 0 Å². The number of hydrogen-bond donors (Lipinski definition) is 0. The van der Waals surface area contributed by atoms with Gasteiger partial charge in [0.15, 0.2) is 0 Å². The standard InChI is InChI=1S/C22H19ClN2OS/c1-2-3-11-26-20-6-4-5-16(13-20)12-18(14-24)22-25-21(15-27-22)17-7-9-19(23)10-8-17/h4-10,12-13,15H,2-3,11H2,1H3/b18-12-. The zero-order valence-corrected chi connectivity index (χ0v) is 16.6. The number of hydrogen-bond acceptors (Lipinski definition) is 4. The molecule has 0 radical (unpaired) electrons. The van der Waals surface area contributed by atoms with E-state index in [1.54, 1.807) is 0 Å². The van der Waals surface area contributed by atoms with Crippen molar-refractivity contribution in [3.8, 4) is 23.1 Å². The maximum absolute atomic E-state index is 9.60. The first-order valence-corrected chi connectivity index (χ1v) is 10.0. The molecule has 27 heavy (non-hydrogen) atoms. The number of thiazole rings is 1. The molecule has 0 amide bonds. The van der Waals surface area contributed by atoms with Gasteiger partial charge in [0.05, 0.1) is 17.9 Å². The molecular formula is C22H19ClN2OS. The molecule has 3 rings (SSSR count). The van der Waals surface area contributed by atoms with Crippen LogP contribution in [0.5, 0.6) is 5.75 Å². The highest BCUT2D eigenvalue weighted by Gasteiger charge is 2.09. The van der Waals surface area contributed by atoms with Crippen molar-refractivity contribution < 1.29 is 4.74 Å². The second-order valence-corrected chi connectivity index (χ2v) is 7.28. The van der Waals surface area contributed by atoms with Crippen molar-refractivity contribution in [3.63, 3.8) is 0 Å². The normalized spacial score (nSPS) is 11.2. The minimum absolute atomic E-state index is 0.533. The first kappa shape index (κ1) is 19.2. The highest BCUT2D eigenvalue weighted by atomic mass is 35.5. The third-order valence-electron chi connectivity index (χ3n) is 3.93. The molecule has 0 aliphatic heterocycles. The minimum atomic E-state index is 0.533. The first-order valence-electron chi connectivity index (χ1n) is 8.76. The molecule has 1 heterocycles. The Morgan fingerprint density at radius 3 is 2.81 bits per heavy atom. The molecule has 0 spiro atoms. The summed E-state index contributed by atoms with van der Waals surface area (Å²) in [6, 6.07) is 17.5. The lowest BCUT2D eigenvalue weighted by Gasteiger charge is -2.06. The summed E-state index contributed by atoms with van der Waals surface area (Å²) in [7, 11) is 0. The zero-order valence-electron chi connectivity index (χ0n) is 15.0. The van der Waals surface area contributed by atoms with Crippen LogP contribution in [0.15, 0.2) is 53.9 Å². The number of benzene rings is 2. The van der Waals surface area contributed by atoms with E-state index in [2.05, 4.69) is 18.0 Å². The number of aromatic nitrogens is 1. The van der Waals surface area contributed by atoms with Crippen LogP contribution < -0.4 is 4.74 Å². The molecular weight excluding hydrogens is 376 g/mol. The Hall–Kier alpha value is -2.61. The Morgan fingerprint density at radius 2 is 2.07 bits per heavy atom. The van der Waals surface area contributed by atoms with Crippen molar-refractivity contribution in [1.82, 2.24) is 4.98 Å². The Labute approximate surface area is 168 Å². The van der Waals surface area contributed by atoms with Gasteiger partial charge < -0.3 is 4.74 Å². The Balaban J connectivity index is 1.82. The number of halogens is 1. The van der Waals surface area contributed by atoms with E-state index in [0.717, 1.165) is 35.4 Å². The number of ether oxygens (including phenoxy) is 1. The molecule has 136 valence electrons. The highest BCUT2D eigenvalue weighted by molar-refractivity contribution is 7.11. The van der Waals surface area contributed by atoms with Gasteiger partial charge in [0.2, 0.25) is 0 Å². The van der Waals surface area contributed by atoms with E-state index in [1.165, 1.54) is 11.3 Å². The molecule has 0 atom stereocenters. The SMILES string of the molecule is CCCCOc1cccc(/C=C(/C#N)c2nc(-c3ccc(Cl)cc3)cs2)c1. The van der Waals surface area contributed by atoms with Crippen LogP contribution in [0.2, 0.25) is 5.02 Å². The lowest BCUT2D eigenvalue weighted by molar-refractivity contribution is 0.309. The maximum atomic E-state index is 9.60. The van der Waals surface area contributed by atoms with Crippen LogP contribution in [0.3, 0.4) is 0 Å². The quantitative estimate of drug-likeness (QED) is 0.330. The molecule has 0 saturated heterocycles. The summed E-state index contributed by atoms with van der Waals surface area (Å²) in [4.78, 5) is 4.61. The van der Waals surface area contributed by atoms with Crippen LogP contribution in [-0.4, -0.2) is 11.6 Å². The second-order valence-electron chi connectivity index (χ2n) is 5.99. The van der Waals surface area contributed by atoms with Crippen molar-refractivity contribution in [2.45, 2.75) is 19.8 Å². The maximum Gasteiger partial charge on any atom is 0.134 e. The molecule has 0 N–H and O–H groups in total. The fourth-order valence-electron chi connectivity index (χ4n) is 2.49. The van der Waals surface area contributed by atoms with Crippen LogP contribution >= 0.6 is 22.9 Å². The number of nitrogens with zero attached hydrogens (tertiary/aromatic N) is 2. The second kappa shape index (κ2) is 9.36. The van der Waals surface area contributed by atoms with E-state index in [1.807, 2.05) is 60.0 Å². The molecule has 0 aliphatic rings. The van der Waals surface area contributed by atoms with Gasteiger partial charge in [-0.05, 0) is 42.3 Å². The Morgan fingerprint density at radius 1 is 1.26 bits per heavy atom. The summed E-state index contributed by atoms with van der Waals surface area (Å²) >= 11 is 7.40. The lowest BCUT2D eigenvalue weighted by Crippen LogP contribution is -1.96. The van der Waals surface area contributed by atoms with E-state index < -0.39 is 0 Å². The van der Waals surface area contributed by atoms with Crippen LogP contribution in [0.4, 0.5) is 0 Å². The topological polar surface area (TPSA) is 45.9 Å². The molecule has 0 bridgehead atoms. The zero-order chi connectivity index (χ0) is 19.1. The monoisotopic (exact) mass is 394 g/mol. The predicted octanol–water partition coefficient (Wildman–Crippen LogP) is 6.71. The molecule has 0 unspecified atom stereocenters. The van der Waals surface area contributed by atoms with Crippen molar-refractivity contribution in [1.29, 1.82) is 5.26 Å². The van der Waals surface area contributed by atoms with Crippen LogP contribution in [0, 0.1) is 11.3 Å². The van der Waals surface area contributed by atoms with Crippen LogP contribution in [0.1, 0.15) is 30.3 Å². The van der Waals surface area contributed by atoms with E-state index >= 15 is 0 Å². The molecule has 3 nitrogen and oxygen atoms in total. The molecule has 2 aromatic carbocycles.